The van der Waals surface area contributed by atoms with Gasteiger partial charge in [0.05, 0.1) is 12.2 Å². The fourth-order valence-corrected chi connectivity index (χ4v) is 1.87. The number of amides is 1. The number of hydrogen-bond donors (Lipinski definition) is 1. The molecule has 1 fully saturated rings. The van der Waals surface area contributed by atoms with Gasteiger partial charge in [-0.25, -0.2) is 4.98 Å². The molecular formula is C10H12ClN3O. The van der Waals surface area contributed by atoms with E-state index in [1.807, 2.05) is 12.1 Å². The minimum absolute atomic E-state index is 0.0447. The van der Waals surface area contributed by atoms with Gasteiger partial charge in [-0.15, -0.1) is 0 Å². The van der Waals surface area contributed by atoms with E-state index in [1.54, 1.807) is 11.0 Å². The molecule has 0 aliphatic carbocycles. The van der Waals surface area contributed by atoms with Gasteiger partial charge in [-0.05, 0) is 12.1 Å². The summed E-state index contributed by atoms with van der Waals surface area (Å²) >= 11 is 5.76. The number of carbonyl (C=O) groups is 1. The second-order valence-corrected chi connectivity index (χ2v) is 4.08. The standard InChI is InChI=1S/C10H12ClN3O/c11-9-3-1-2-8(13-9)6-14-5-7(12)4-10(14)15/h1-3,7H,4-6,12H2. The summed E-state index contributed by atoms with van der Waals surface area (Å²) in [5, 5.41) is 0.448. The molecule has 2 rings (SSSR count). The summed E-state index contributed by atoms with van der Waals surface area (Å²) in [5.41, 5.74) is 6.49. The molecule has 15 heavy (non-hydrogen) atoms. The molecule has 0 spiro atoms. The van der Waals surface area contributed by atoms with Gasteiger partial charge in [-0.1, -0.05) is 17.7 Å². The van der Waals surface area contributed by atoms with Gasteiger partial charge in [0.15, 0.2) is 0 Å². The predicted molar refractivity (Wildman–Crippen MR) is 57.3 cm³/mol. The van der Waals surface area contributed by atoms with Gasteiger partial charge in [0, 0.05) is 19.0 Å². The maximum absolute atomic E-state index is 11.5. The molecule has 1 saturated heterocycles. The zero-order valence-electron chi connectivity index (χ0n) is 8.19. The third-order valence-corrected chi connectivity index (χ3v) is 2.58. The molecule has 1 aromatic heterocycles. The molecule has 1 unspecified atom stereocenters. The Kier molecular flexibility index (Phi) is 2.88. The zero-order valence-corrected chi connectivity index (χ0v) is 8.94. The lowest BCUT2D eigenvalue weighted by Crippen LogP contribution is -2.28. The summed E-state index contributed by atoms with van der Waals surface area (Å²) in [5.74, 6) is 0.0873. The van der Waals surface area contributed by atoms with Gasteiger partial charge < -0.3 is 10.6 Å². The van der Waals surface area contributed by atoms with Crippen LogP contribution in [-0.4, -0.2) is 28.4 Å². The number of nitrogens with two attached hydrogens (primary N) is 1. The van der Waals surface area contributed by atoms with Crippen LogP contribution in [-0.2, 0) is 11.3 Å². The highest BCUT2D eigenvalue weighted by Crippen LogP contribution is 2.13. The monoisotopic (exact) mass is 225 g/mol. The van der Waals surface area contributed by atoms with Crippen LogP contribution in [0.5, 0.6) is 0 Å². The number of aromatic nitrogens is 1. The van der Waals surface area contributed by atoms with Crippen LogP contribution in [0.25, 0.3) is 0 Å². The van der Waals surface area contributed by atoms with Crippen molar-refractivity contribution >= 4 is 17.5 Å². The first-order valence-electron chi connectivity index (χ1n) is 4.80. The Bertz CT molecular complexity index is 383. The van der Waals surface area contributed by atoms with Crippen LogP contribution in [0.3, 0.4) is 0 Å². The zero-order chi connectivity index (χ0) is 10.8. The van der Waals surface area contributed by atoms with Crippen LogP contribution >= 0.6 is 11.6 Å². The molecule has 1 aliphatic rings. The van der Waals surface area contributed by atoms with Crippen LogP contribution in [0.15, 0.2) is 18.2 Å². The minimum Gasteiger partial charge on any atom is -0.335 e. The van der Waals surface area contributed by atoms with E-state index >= 15 is 0 Å². The number of nitrogens with zero attached hydrogens (tertiary/aromatic N) is 2. The van der Waals surface area contributed by atoms with Gasteiger partial charge in [-0.2, -0.15) is 0 Å². The molecule has 2 heterocycles. The molecule has 0 saturated carbocycles. The van der Waals surface area contributed by atoms with E-state index in [0.717, 1.165) is 5.69 Å². The van der Waals surface area contributed by atoms with Gasteiger partial charge in [0.1, 0.15) is 5.15 Å². The molecule has 0 aromatic carbocycles. The van der Waals surface area contributed by atoms with E-state index in [4.69, 9.17) is 17.3 Å². The third-order valence-electron chi connectivity index (χ3n) is 2.37. The Morgan fingerprint density at radius 1 is 1.60 bits per heavy atom. The first kappa shape index (κ1) is 10.4. The van der Waals surface area contributed by atoms with E-state index in [9.17, 15) is 4.79 Å². The first-order chi connectivity index (χ1) is 7.15. The van der Waals surface area contributed by atoms with Crippen molar-refractivity contribution in [3.8, 4) is 0 Å². The average Bonchev–Trinajstić information content (AvgIpc) is 2.45. The molecule has 5 heteroatoms. The van der Waals surface area contributed by atoms with Crippen LogP contribution in [0.4, 0.5) is 0 Å². The predicted octanol–water partition coefficient (Wildman–Crippen LogP) is 0.795. The number of carbonyl (C=O) groups excluding carboxylic acids is 1. The van der Waals surface area contributed by atoms with Crippen molar-refractivity contribution < 1.29 is 4.79 Å². The SMILES string of the molecule is NC1CC(=O)N(Cc2cccc(Cl)n2)C1. The highest BCUT2D eigenvalue weighted by Gasteiger charge is 2.26. The molecule has 1 aliphatic heterocycles. The summed E-state index contributed by atoms with van der Waals surface area (Å²) in [7, 11) is 0. The van der Waals surface area contributed by atoms with Crippen molar-refractivity contribution in [2.45, 2.75) is 19.0 Å². The van der Waals surface area contributed by atoms with Gasteiger partial charge in [0.2, 0.25) is 5.91 Å². The van der Waals surface area contributed by atoms with Gasteiger partial charge in [0.25, 0.3) is 0 Å². The molecule has 0 bridgehead atoms. The average molecular weight is 226 g/mol. The highest BCUT2D eigenvalue weighted by molar-refractivity contribution is 6.29. The Hall–Kier alpha value is -1.13. The summed E-state index contributed by atoms with van der Waals surface area (Å²) in [6, 6.07) is 5.34. The molecule has 1 amide bonds. The third kappa shape index (κ3) is 2.46. The van der Waals surface area contributed by atoms with Gasteiger partial charge >= 0.3 is 0 Å². The molecule has 1 aromatic rings. The Balaban J connectivity index is 2.06. The lowest BCUT2D eigenvalue weighted by Gasteiger charge is -2.15. The lowest BCUT2D eigenvalue weighted by atomic mass is 10.3. The summed E-state index contributed by atoms with van der Waals surface area (Å²) < 4.78 is 0. The number of halogens is 1. The second kappa shape index (κ2) is 4.16. The fraction of sp³-hybridized carbons (Fsp3) is 0.400. The Morgan fingerprint density at radius 2 is 2.40 bits per heavy atom. The van der Waals surface area contributed by atoms with E-state index in [0.29, 0.717) is 24.7 Å². The summed E-state index contributed by atoms with van der Waals surface area (Å²) in [6.45, 7) is 1.10. The summed E-state index contributed by atoms with van der Waals surface area (Å²) in [4.78, 5) is 17.3. The van der Waals surface area contributed by atoms with E-state index in [-0.39, 0.29) is 11.9 Å². The highest BCUT2D eigenvalue weighted by atomic mass is 35.5. The fourth-order valence-electron chi connectivity index (χ4n) is 1.69. The van der Waals surface area contributed by atoms with Crippen molar-refractivity contribution in [2.24, 2.45) is 5.73 Å². The van der Waals surface area contributed by atoms with Crippen LogP contribution < -0.4 is 5.73 Å². The molecule has 0 radical (unpaired) electrons. The maximum atomic E-state index is 11.5. The quantitative estimate of drug-likeness (QED) is 0.758. The summed E-state index contributed by atoms with van der Waals surface area (Å²) in [6.07, 6.45) is 0.431. The molecule has 80 valence electrons. The van der Waals surface area contributed by atoms with Crippen molar-refractivity contribution in [1.82, 2.24) is 9.88 Å². The van der Waals surface area contributed by atoms with Crippen molar-refractivity contribution in [2.75, 3.05) is 6.54 Å². The second-order valence-electron chi connectivity index (χ2n) is 3.69. The molecule has 2 N–H and O–H groups in total. The molecule has 1 atom stereocenters. The van der Waals surface area contributed by atoms with Crippen LogP contribution in [0, 0.1) is 0 Å². The van der Waals surface area contributed by atoms with Crippen molar-refractivity contribution in [3.05, 3.63) is 29.0 Å². The lowest BCUT2D eigenvalue weighted by molar-refractivity contribution is -0.128. The van der Waals surface area contributed by atoms with Crippen LogP contribution in [0.1, 0.15) is 12.1 Å². The first-order valence-corrected chi connectivity index (χ1v) is 5.18. The minimum atomic E-state index is -0.0447. The Labute approximate surface area is 93.0 Å². The smallest absolute Gasteiger partial charge is 0.224 e. The largest absolute Gasteiger partial charge is 0.335 e. The van der Waals surface area contributed by atoms with Crippen LogP contribution in [0.2, 0.25) is 5.15 Å². The number of pyridine rings is 1. The van der Waals surface area contributed by atoms with Crippen molar-refractivity contribution in [3.63, 3.8) is 0 Å². The van der Waals surface area contributed by atoms with E-state index in [1.165, 1.54) is 0 Å². The van der Waals surface area contributed by atoms with Gasteiger partial charge in [-0.3, -0.25) is 4.79 Å². The van der Waals surface area contributed by atoms with E-state index in [2.05, 4.69) is 4.98 Å². The molecule has 4 nitrogen and oxygen atoms in total. The topological polar surface area (TPSA) is 59.2 Å². The number of likely N-dealkylation sites (tertiary alicyclic amines) is 1. The number of rotatable bonds is 2. The van der Waals surface area contributed by atoms with E-state index < -0.39 is 0 Å². The normalized spacial score (nSPS) is 21.1. The Morgan fingerprint density at radius 3 is 3.00 bits per heavy atom. The molecular weight excluding hydrogens is 214 g/mol. The number of hydrogen-bond acceptors (Lipinski definition) is 3. The maximum Gasteiger partial charge on any atom is 0.224 e. The van der Waals surface area contributed by atoms with Crippen molar-refractivity contribution in [1.29, 1.82) is 0 Å².